The van der Waals surface area contributed by atoms with Crippen molar-refractivity contribution in [3.63, 3.8) is 0 Å². The van der Waals surface area contributed by atoms with E-state index in [1.807, 2.05) is 26.8 Å². The number of hydrogen-bond donors (Lipinski definition) is 0. The largest absolute Gasteiger partial charge is 0.346 e. The molecule has 1 aromatic carbocycles. The van der Waals surface area contributed by atoms with Crippen molar-refractivity contribution in [1.82, 2.24) is 0 Å². The molecule has 0 unspecified atom stereocenters. The summed E-state index contributed by atoms with van der Waals surface area (Å²) in [6.45, 7) is 6.38. The third-order valence-corrected chi connectivity index (χ3v) is 2.71. The molecular formula is C13H17ClO3. The molecule has 0 saturated heterocycles. The first-order valence-electron chi connectivity index (χ1n) is 5.63. The lowest BCUT2D eigenvalue weighted by Crippen LogP contribution is -2.27. The maximum absolute atomic E-state index is 12.1. The van der Waals surface area contributed by atoms with E-state index >= 15 is 0 Å². The van der Waals surface area contributed by atoms with E-state index in [0.29, 0.717) is 23.8 Å². The zero-order valence-corrected chi connectivity index (χ0v) is 11.1. The van der Waals surface area contributed by atoms with Gasteiger partial charge in [0.05, 0.1) is 0 Å². The minimum Gasteiger partial charge on any atom is -0.346 e. The molecule has 0 aliphatic carbocycles. The SMILES string of the molecule is CCOC(OCC)C(=O)c1ccc(C)c(Cl)c1. The molecule has 0 radical (unpaired) electrons. The van der Waals surface area contributed by atoms with E-state index in [0.717, 1.165) is 5.56 Å². The number of ether oxygens (including phenoxy) is 2. The van der Waals surface area contributed by atoms with Crippen LogP contribution in [-0.2, 0) is 9.47 Å². The Kier molecular flexibility index (Phi) is 5.62. The third-order valence-electron chi connectivity index (χ3n) is 2.31. The molecular weight excluding hydrogens is 240 g/mol. The molecule has 0 heterocycles. The minimum absolute atomic E-state index is 0.199. The normalized spacial score (nSPS) is 10.9. The number of rotatable bonds is 6. The van der Waals surface area contributed by atoms with Gasteiger partial charge in [-0.3, -0.25) is 4.79 Å². The predicted octanol–water partition coefficient (Wildman–Crippen LogP) is 3.23. The van der Waals surface area contributed by atoms with Gasteiger partial charge >= 0.3 is 0 Å². The van der Waals surface area contributed by atoms with Crippen molar-refractivity contribution >= 4 is 17.4 Å². The summed E-state index contributed by atoms with van der Waals surface area (Å²) in [7, 11) is 0. The molecule has 0 saturated carbocycles. The van der Waals surface area contributed by atoms with Gasteiger partial charge < -0.3 is 9.47 Å². The van der Waals surface area contributed by atoms with Crippen LogP contribution in [0, 0.1) is 6.92 Å². The molecule has 0 N–H and O–H groups in total. The standard InChI is InChI=1S/C13H17ClO3/c1-4-16-13(17-5-2)12(15)10-7-6-9(3)11(14)8-10/h6-8,13H,4-5H2,1-3H3. The van der Waals surface area contributed by atoms with Crippen molar-refractivity contribution in [3.05, 3.63) is 34.3 Å². The summed E-state index contributed by atoms with van der Waals surface area (Å²) in [5.41, 5.74) is 1.44. The summed E-state index contributed by atoms with van der Waals surface area (Å²) in [4.78, 5) is 12.1. The van der Waals surface area contributed by atoms with Crippen molar-refractivity contribution in [2.75, 3.05) is 13.2 Å². The third kappa shape index (κ3) is 3.80. The lowest BCUT2D eigenvalue weighted by molar-refractivity contribution is -0.107. The molecule has 0 spiro atoms. The molecule has 3 nitrogen and oxygen atoms in total. The van der Waals surface area contributed by atoms with Crippen LogP contribution in [0.1, 0.15) is 29.8 Å². The van der Waals surface area contributed by atoms with Gasteiger partial charge in [0.25, 0.3) is 0 Å². The van der Waals surface area contributed by atoms with Crippen LogP contribution in [0.4, 0.5) is 0 Å². The first-order chi connectivity index (χ1) is 8.10. The Hall–Kier alpha value is -0.900. The fourth-order valence-corrected chi connectivity index (χ4v) is 1.56. The van der Waals surface area contributed by atoms with Crippen LogP contribution < -0.4 is 0 Å². The van der Waals surface area contributed by atoms with Crippen LogP contribution in [0.15, 0.2) is 18.2 Å². The number of ketones is 1. The van der Waals surface area contributed by atoms with Crippen molar-refractivity contribution < 1.29 is 14.3 Å². The van der Waals surface area contributed by atoms with Crippen LogP contribution in [0.25, 0.3) is 0 Å². The molecule has 17 heavy (non-hydrogen) atoms. The number of hydrogen-bond acceptors (Lipinski definition) is 3. The van der Waals surface area contributed by atoms with E-state index in [2.05, 4.69) is 0 Å². The minimum atomic E-state index is -0.844. The van der Waals surface area contributed by atoms with Crippen molar-refractivity contribution in [3.8, 4) is 0 Å². The highest BCUT2D eigenvalue weighted by Gasteiger charge is 2.20. The number of benzene rings is 1. The monoisotopic (exact) mass is 256 g/mol. The van der Waals surface area contributed by atoms with Crippen molar-refractivity contribution in [2.24, 2.45) is 0 Å². The Bertz CT molecular complexity index is 384. The van der Waals surface area contributed by atoms with E-state index < -0.39 is 6.29 Å². The van der Waals surface area contributed by atoms with Gasteiger partial charge in [0.1, 0.15) is 0 Å². The highest BCUT2D eigenvalue weighted by molar-refractivity contribution is 6.31. The van der Waals surface area contributed by atoms with Crippen LogP contribution >= 0.6 is 11.6 Å². The molecule has 0 amide bonds. The van der Waals surface area contributed by atoms with Gasteiger partial charge in [-0.25, -0.2) is 0 Å². The number of carbonyl (C=O) groups excluding carboxylic acids is 1. The lowest BCUT2D eigenvalue weighted by atomic mass is 10.1. The Morgan fingerprint density at radius 2 is 1.88 bits per heavy atom. The molecule has 0 atom stereocenters. The Morgan fingerprint density at radius 3 is 2.35 bits per heavy atom. The van der Waals surface area contributed by atoms with Gasteiger partial charge in [-0.05, 0) is 32.4 Å². The van der Waals surface area contributed by atoms with Gasteiger partial charge in [-0.1, -0.05) is 23.7 Å². The second-order valence-corrected chi connectivity index (χ2v) is 3.98. The summed E-state index contributed by atoms with van der Waals surface area (Å²) >= 11 is 5.98. The van der Waals surface area contributed by atoms with Crippen LogP contribution in [0.3, 0.4) is 0 Å². The quantitative estimate of drug-likeness (QED) is 0.579. The molecule has 94 valence electrons. The molecule has 1 aromatic rings. The van der Waals surface area contributed by atoms with E-state index in [4.69, 9.17) is 21.1 Å². The van der Waals surface area contributed by atoms with E-state index in [1.54, 1.807) is 12.1 Å². The number of halogens is 1. The average molecular weight is 257 g/mol. The first-order valence-corrected chi connectivity index (χ1v) is 6.01. The Morgan fingerprint density at radius 1 is 1.29 bits per heavy atom. The van der Waals surface area contributed by atoms with Gasteiger partial charge in [0, 0.05) is 23.8 Å². The molecule has 0 bridgehead atoms. The van der Waals surface area contributed by atoms with Gasteiger partial charge in [-0.15, -0.1) is 0 Å². The molecule has 4 heteroatoms. The summed E-state index contributed by atoms with van der Waals surface area (Å²) in [5.74, 6) is -0.199. The smallest absolute Gasteiger partial charge is 0.222 e. The van der Waals surface area contributed by atoms with Gasteiger partial charge in [0.2, 0.25) is 12.1 Å². The fourth-order valence-electron chi connectivity index (χ4n) is 1.38. The number of Topliss-reactive ketones (excluding diaryl/α,β-unsaturated/α-hetero) is 1. The van der Waals surface area contributed by atoms with Crippen LogP contribution in [0.5, 0.6) is 0 Å². The lowest BCUT2D eigenvalue weighted by Gasteiger charge is -2.15. The van der Waals surface area contributed by atoms with Crippen molar-refractivity contribution in [2.45, 2.75) is 27.1 Å². The molecule has 0 aliphatic rings. The van der Waals surface area contributed by atoms with E-state index in [9.17, 15) is 4.79 Å². The zero-order valence-electron chi connectivity index (χ0n) is 10.3. The summed E-state index contributed by atoms with van der Waals surface area (Å²) in [6.07, 6.45) is -0.844. The van der Waals surface area contributed by atoms with Gasteiger partial charge in [-0.2, -0.15) is 0 Å². The summed E-state index contributed by atoms with van der Waals surface area (Å²) in [5, 5.41) is 0.572. The Labute approximate surface area is 107 Å². The maximum atomic E-state index is 12.1. The maximum Gasteiger partial charge on any atom is 0.222 e. The molecule has 1 rings (SSSR count). The van der Waals surface area contributed by atoms with Crippen LogP contribution in [0.2, 0.25) is 5.02 Å². The number of aryl methyl sites for hydroxylation is 1. The first kappa shape index (κ1) is 14.2. The fraction of sp³-hybridized carbons (Fsp3) is 0.462. The summed E-state index contributed by atoms with van der Waals surface area (Å²) in [6, 6.07) is 5.18. The topological polar surface area (TPSA) is 35.5 Å². The Balaban J connectivity index is 2.88. The van der Waals surface area contributed by atoms with E-state index in [1.165, 1.54) is 0 Å². The zero-order chi connectivity index (χ0) is 12.8. The highest BCUT2D eigenvalue weighted by atomic mass is 35.5. The van der Waals surface area contributed by atoms with E-state index in [-0.39, 0.29) is 5.78 Å². The molecule has 0 aliphatic heterocycles. The second-order valence-electron chi connectivity index (χ2n) is 3.57. The summed E-state index contributed by atoms with van der Waals surface area (Å²) < 4.78 is 10.5. The molecule has 0 aromatic heterocycles. The van der Waals surface area contributed by atoms with Crippen LogP contribution in [-0.4, -0.2) is 25.3 Å². The highest BCUT2D eigenvalue weighted by Crippen LogP contribution is 2.18. The van der Waals surface area contributed by atoms with Gasteiger partial charge in [0.15, 0.2) is 0 Å². The second kappa shape index (κ2) is 6.74. The molecule has 0 fully saturated rings. The predicted molar refractivity (Wildman–Crippen MR) is 67.6 cm³/mol. The van der Waals surface area contributed by atoms with Crippen molar-refractivity contribution in [1.29, 1.82) is 0 Å². The number of carbonyl (C=O) groups is 1. The average Bonchev–Trinajstić information content (AvgIpc) is 2.31.